The average molecular weight is 515 g/mol. The van der Waals surface area contributed by atoms with Crippen molar-refractivity contribution in [2.45, 2.75) is 19.3 Å². The number of nitrogens with one attached hydrogen (secondary N) is 2. The van der Waals surface area contributed by atoms with E-state index in [4.69, 9.17) is 9.98 Å². The van der Waals surface area contributed by atoms with Gasteiger partial charge in [0.25, 0.3) is 5.91 Å². The highest BCUT2D eigenvalue weighted by molar-refractivity contribution is 6.06. The van der Waals surface area contributed by atoms with Gasteiger partial charge in [0.1, 0.15) is 0 Å². The van der Waals surface area contributed by atoms with Gasteiger partial charge in [-0.2, -0.15) is 0 Å². The molecule has 2 aliphatic heterocycles. The van der Waals surface area contributed by atoms with Gasteiger partial charge in [-0.1, -0.05) is 30.4 Å². The molecule has 38 heavy (non-hydrogen) atoms. The number of likely N-dealkylation sites (N-methyl/N-ethyl adjacent to an activating group) is 1. The summed E-state index contributed by atoms with van der Waals surface area (Å²) >= 11 is 0. The van der Waals surface area contributed by atoms with E-state index in [2.05, 4.69) is 37.4 Å². The molecular formula is C29H38N8O. The molecule has 1 aliphatic carbocycles. The molecule has 9 heteroatoms. The standard InChI is InChI=1S/C29H38N8O/c1-35(2)17-16-30-27(26-14-9-15-31-29(34-26)37-20-18-36(3)19-21-37)32-25-13-8-7-10-23(22-25)28(38)33-24-11-5-4-6-12-24/h4-6,8,10-13,15-16,22,32H,7,9,14,17-21H2,1-3H3,(H,33,38)/b27-26-,30-16-. The number of nitrogens with zero attached hydrogens (tertiary/aromatic N) is 6. The van der Waals surface area contributed by atoms with Crippen LogP contribution in [0.5, 0.6) is 0 Å². The van der Waals surface area contributed by atoms with Gasteiger partial charge in [-0.15, -0.1) is 0 Å². The Kier molecular flexibility index (Phi) is 9.77. The van der Waals surface area contributed by atoms with Crippen LogP contribution in [-0.2, 0) is 4.79 Å². The Balaban J connectivity index is 1.61. The minimum absolute atomic E-state index is 0.150. The van der Waals surface area contributed by atoms with E-state index in [-0.39, 0.29) is 5.91 Å². The molecule has 9 nitrogen and oxygen atoms in total. The second kappa shape index (κ2) is 13.6. The number of guanidine groups is 1. The van der Waals surface area contributed by atoms with Gasteiger partial charge in [0.15, 0.2) is 5.82 Å². The Morgan fingerprint density at radius 2 is 1.92 bits per heavy atom. The van der Waals surface area contributed by atoms with Crippen LogP contribution < -0.4 is 10.6 Å². The summed E-state index contributed by atoms with van der Waals surface area (Å²) in [6.45, 7) is 4.45. The Hall–Kier alpha value is -3.82. The second-order valence-corrected chi connectivity index (χ2v) is 9.76. The maximum atomic E-state index is 13.0. The number of allylic oxidation sites excluding steroid dienone is 4. The number of carbonyl (C=O) groups is 1. The zero-order chi connectivity index (χ0) is 26.7. The van der Waals surface area contributed by atoms with E-state index >= 15 is 0 Å². The molecule has 1 aromatic carbocycles. The van der Waals surface area contributed by atoms with Gasteiger partial charge in [0, 0.05) is 62.1 Å². The molecule has 0 bridgehead atoms. The summed E-state index contributed by atoms with van der Waals surface area (Å²) in [5, 5.41) is 6.45. The zero-order valence-electron chi connectivity index (χ0n) is 22.6. The molecule has 0 unspecified atom stereocenters. The molecule has 1 saturated heterocycles. The average Bonchev–Trinajstić information content (AvgIpc) is 3.30. The van der Waals surface area contributed by atoms with Gasteiger partial charge in [-0.25, -0.2) is 15.0 Å². The largest absolute Gasteiger partial charge is 0.339 e. The lowest BCUT2D eigenvalue weighted by Gasteiger charge is -2.32. The SMILES string of the molecule is CN(C)C/C=N\C(NC1=CC(C(=O)Nc2ccccc2)=CCC=C1)=C1/CCC=NC(N2CCN(C)CC2)=N1. The molecule has 0 radical (unpaired) electrons. The van der Waals surface area contributed by atoms with Crippen molar-refractivity contribution in [2.75, 3.05) is 59.2 Å². The molecule has 1 aromatic rings. The third kappa shape index (κ3) is 8.09. The number of aliphatic imine (C=N–C) groups is 3. The summed E-state index contributed by atoms with van der Waals surface area (Å²) in [5.74, 6) is 1.26. The number of hydrogen-bond donors (Lipinski definition) is 2. The Morgan fingerprint density at radius 3 is 2.68 bits per heavy atom. The van der Waals surface area contributed by atoms with Crippen molar-refractivity contribution in [1.82, 2.24) is 20.0 Å². The Bertz CT molecular complexity index is 1180. The highest BCUT2D eigenvalue weighted by atomic mass is 16.1. The van der Waals surface area contributed by atoms with Crippen LogP contribution >= 0.6 is 0 Å². The number of hydrogen-bond acceptors (Lipinski definition) is 8. The maximum Gasteiger partial charge on any atom is 0.255 e. The fourth-order valence-electron chi connectivity index (χ4n) is 4.12. The highest BCUT2D eigenvalue weighted by Crippen LogP contribution is 2.20. The molecule has 0 spiro atoms. The monoisotopic (exact) mass is 514 g/mol. The van der Waals surface area contributed by atoms with E-state index in [1.54, 1.807) is 0 Å². The van der Waals surface area contributed by atoms with Crippen molar-refractivity contribution < 1.29 is 4.79 Å². The summed E-state index contributed by atoms with van der Waals surface area (Å²) in [5.41, 5.74) is 2.99. The number of amides is 1. The molecule has 2 N–H and O–H groups in total. The third-order valence-electron chi connectivity index (χ3n) is 6.32. The van der Waals surface area contributed by atoms with E-state index in [0.717, 1.165) is 62.1 Å². The fourth-order valence-corrected chi connectivity index (χ4v) is 4.12. The summed E-state index contributed by atoms with van der Waals surface area (Å²) in [6.07, 6.45) is 13.8. The molecule has 1 amide bonds. The summed E-state index contributed by atoms with van der Waals surface area (Å²) in [6, 6.07) is 9.48. The first kappa shape index (κ1) is 27.2. The molecule has 0 saturated carbocycles. The van der Waals surface area contributed by atoms with Crippen LogP contribution in [0.3, 0.4) is 0 Å². The number of anilines is 1. The van der Waals surface area contributed by atoms with Crippen LogP contribution in [0.2, 0.25) is 0 Å². The van der Waals surface area contributed by atoms with Crippen LogP contribution in [0.4, 0.5) is 5.69 Å². The summed E-state index contributed by atoms with van der Waals surface area (Å²) in [4.78, 5) is 34.1. The first-order chi connectivity index (χ1) is 18.5. The molecule has 200 valence electrons. The zero-order valence-corrected chi connectivity index (χ0v) is 22.6. The smallest absolute Gasteiger partial charge is 0.255 e. The Labute approximate surface area is 225 Å². The van der Waals surface area contributed by atoms with Crippen molar-refractivity contribution in [1.29, 1.82) is 0 Å². The highest BCUT2D eigenvalue weighted by Gasteiger charge is 2.20. The van der Waals surface area contributed by atoms with Crippen LogP contribution in [0.1, 0.15) is 19.3 Å². The lowest BCUT2D eigenvalue weighted by atomic mass is 10.2. The minimum Gasteiger partial charge on any atom is -0.339 e. The van der Waals surface area contributed by atoms with Crippen molar-refractivity contribution in [3.63, 3.8) is 0 Å². The van der Waals surface area contributed by atoms with Crippen molar-refractivity contribution in [2.24, 2.45) is 15.0 Å². The van der Waals surface area contributed by atoms with Gasteiger partial charge in [0.2, 0.25) is 5.96 Å². The molecule has 3 aliphatic rings. The summed E-state index contributed by atoms with van der Waals surface area (Å²) in [7, 11) is 6.15. The minimum atomic E-state index is -0.150. The van der Waals surface area contributed by atoms with Gasteiger partial charge >= 0.3 is 0 Å². The van der Waals surface area contributed by atoms with Crippen molar-refractivity contribution in [3.8, 4) is 0 Å². The number of piperazine rings is 1. The maximum absolute atomic E-state index is 13.0. The number of para-hydroxylation sites is 1. The predicted octanol–water partition coefficient (Wildman–Crippen LogP) is 3.25. The number of rotatable bonds is 7. The molecule has 0 aromatic heterocycles. The third-order valence-corrected chi connectivity index (χ3v) is 6.32. The summed E-state index contributed by atoms with van der Waals surface area (Å²) < 4.78 is 0. The second-order valence-electron chi connectivity index (χ2n) is 9.76. The van der Waals surface area contributed by atoms with Crippen LogP contribution in [0, 0.1) is 0 Å². The van der Waals surface area contributed by atoms with Crippen molar-refractivity contribution >= 4 is 30.0 Å². The first-order valence-corrected chi connectivity index (χ1v) is 13.1. The molecule has 1 fully saturated rings. The quantitative estimate of drug-likeness (QED) is 0.546. The van der Waals surface area contributed by atoms with Gasteiger partial charge in [0.05, 0.1) is 5.70 Å². The molecule has 4 rings (SSSR count). The van der Waals surface area contributed by atoms with E-state index in [1.807, 2.05) is 81.2 Å². The molecule has 0 atom stereocenters. The van der Waals surface area contributed by atoms with Crippen LogP contribution in [0.15, 0.2) is 92.4 Å². The molecular weight excluding hydrogens is 476 g/mol. The van der Waals surface area contributed by atoms with Gasteiger partial charge < -0.3 is 25.3 Å². The topological polar surface area (TPSA) is 87.9 Å². The van der Waals surface area contributed by atoms with E-state index in [1.165, 1.54) is 0 Å². The normalized spacial score (nSPS) is 20.0. The van der Waals surface area contributed by atoms with Crippen LogP contribution in [-0.4, -0.2) is 92.9 Å². The van der Waals surface area contributed by atoms with E-state index in [0.29, 0.717) is 24.4 Å². The van der Waals surface area contributed by atoms with Gasteiger partial charge in [-0.05, 0) is 64.7 Å². The molecule has 2 heterocycles. The number of benzene rings is 1. The van der Waals surface area contributed by atoms with E-state index in [9.17, 15) is 4.79 Å². The van der Waals surface area contributed by atoms with Crippen LogP contribution in [0.25, 0.3) is 0 Å². The lowest BCUT2D eigenvalue weighted by Crippen LogP contribution is -2.46. The number of carbonyl (C=O) groups excluding carboxylic acids is 1. The Morgan fingerprint density at radius 1 is 1.13 bits per heavy atom. The predicted molar refractivity (Wildman–Crippen MR) is 156 cm³/mol. The van der Waals surface area contributed by atoms with Crippen molar-refractivity contribution in [3.05, 3.63) is 77.4 Å². The van der Waals surface area contributed by atoms with Gasteiger partial charge in [-0.3, -0.25) is 4.79 Å². The van der Waals surface area contributed by atoms with E-state index < -0.39 is 0 Å². The fraction of sp³-hybridized carbons (Fsp3) is 0.379. The first-order valence-electron chi connectivity index (χ1n) is 13.1. The lowest BCUT2D eigenvalue weighted by molar-refractivity contribution is -0.112.